The van der Waals surface area contributed by atoms with Crippen molar-refractivity contribution < 1.29 is 0 Å². The number of pyridine rings is 1. The Morgan fingerprint density at radius 1 is 1.20 bits per heavy atom. The maximum atomic E-state index is 4.70. The Hall–Kier alpha value is -1.95. The molecule has 20 heavy (non-hydrogen) atoms. The largest absolute Gasteiger partial charge is 0.346 e. The number of aryl methyl sites for hydroxylation is 2. The van der Waals surface area contributed by atoms with Crippen LogP contribution in [-0.2, 0) is 25.9 Å². The fraction of sp³-hybridized carbons (Fsp3) is 0.500. The summed E-state index contributed by atoms with van der Waals surface area (Å²) in [6, 6.07) is 4.33. The zero-order valence-electron chi connectivity index (χ0n) is 12.0. The molecule has 0 aromatic carbocycles. The molecule has 0 amide bonds. The minimum absolute atomic E-state index is 0.666. The van der Waals surface area contributed by atoms with Crippen molar-refractivity contribution in [2.24, 2.45) is 0 Å². The molecule has 3 rings (SSSR count). The van der Waals surface area contributed by atoms with Crippen LogP contribution in [0.25, 0.3) is 0 Å². The van der Waals surface area contributed by atoms with Crippen molar-refractivity contribution in [3.05, 3.63) is 34.9 Å². The molecule has 0 unspecified atom stereocenters. The van der Waals surface area contributed by atoms with Gasteiger partial charge in [0.1, 0.15) is 5.82 Å². The molecular formula is C14H20N6. The van der Waals surface area contributed by atoms with Gasteiger partial charge in [0.25, 0.3) is 0 Å². The molecule has 0 saturated carbocycles. The summed E-state index contributed by atoms with van der Waals surface area (Å²) in [6.45, 7) is 1.42. The van der Waals surface area contributed by atoms with Gasteiger partial charge >= 0.3 is 0 Å². The lowest BCUT2D eigenvalue weighted by Gasteiger charge is -2.05. The summed E-state index contributed by atoms with van der Waals surface area (Å²) in [5.41, 5.74) is 3.79. The average molecular weight is 272 g/mol. The van der Waals surface area contributed by atoms with Crippen molar-refractivity contribution in [2.45, 2.75) is 32.4 Å². The van der Waals surface area contributed by atoms with E-state index in [9.17, 15) is 0 Å². The molecule has 0 aliphatic heterocycles. The summed E-state index contributed by atoms with van der Waals surface area (Å²) in [5.74, 6) is 1.55. The number of hydrogen-bond acceptors (Lipinski definition) is 5. The van der Waals surface area contributed by atoms with Crippen LogP contribution in [0, 0.1) is 0 Å². The van der Waals surface area contributed by atoms with Gasteiger partial charge in [0.2, 0.25) is 5.95 Å². The number of H-pyrrole nitrogens is 1. The van der Waals surface area contributed by atoms with E-state index in [-0.39, 0.29) is 0 Å². The average Bonchev–Trinajstić information content (AvgIpc) is 3.06. The third-order valence-corrected chi connectivity index (χ3v) is 3.50. The van der Waals surface area contributed by atoms with Crippen LogP contribution < -0.4 is 10.2 Å². The van der Waals surface area contributed by atoms with Gasteiger partial charge in [0, 0.05) is 26.3 Å². The summed E-state index contributed by atoms with van der Waals surface area (Å²) in [6.07, 6.45) is 3.55. The minimum Gasteiger partial charge on any atom is -0.346 e. The first-order chi connectivity index (χ1) is 9.72. The van der Waals surface area contributed by atoms with Gasteiger partial charge in [-0.1, -0.05) is 6.07 Å². The third kappa shape index (κ3) is 2.80. The molecule has 0 saturated heterocycles. The van der Waals surface area contributed by atoms with Gasteiger partial charge in [-0.25, -0.2) is 0 Å². The highest BCUT2D eigenvalue weighted by Gasteiger charge is 2.12. The van der Waals surface area contributed by atoms with Crippen LogP contribution in [0.3, 0.4) is 0 Å². The number of fused-ring (bicyclic) bond motifs is 1. The predicted octanol–water partition coefficient (Wildman–Crippen LogP) is 1.04. The van der Waals surface area contributed by atoms with E-state index < -0.39 is 0 Å². The molecule has 2 heterocycles. The Labute approximate surface area is 118 Å². The van der Waals surface area contributed by atoms with Gasteiger partial charge in [0.05, 0.1) is 12.2 Å². The summed E-state index contributed by atoms with van der Waals surface area (Å²) in [7, 11) is 3.85. The monoisotopic (exact) mass is 272 g/mol. The fourth-order valence-corrected chi connectivity index (χ4v) is 2.44. The number of aromatic nitrogens is 4. The van der Waals surface area contributed by atoms with Crippen molar-refractivity contribution in [2.75, 3.05) is 19.0 Å². The van der Waals surface area contributed by atoms with Crippen LogP contribution in [0.2, 0.25) is 0 Å². The fourth-order valence-electron chi connectivity index (χ4n) is 2.44. The molecule has 0 atom stereocenters. The second-order valence-corrected chi connectivity index (χ2v) is 5.34. The van der Waals surface area contributed by atoms with E-state index in [4.69, 9.17) is 4.98 Å². The number of nitrogens with zero attached hydrogens (tertiary/aromatic N) is 4. The molecule has 0 spiro atoms. The summed E-state index contributed by atoms with van der Waals surface area (Å²) in [5, 5.41) is 10.4. The minimum atomic E-state index is 0.666. The van der Waals surface area contributed by atoms with Crippen molar-refractivity contribution >= 4 is 5.95 Å². The van der Waals surface area contributed by atoms with Crippen LogP contribution in [-0.4, -0.2) is 34.3 Å². The topological polar surface area (TPSA) is 69.7 Å². The maximum absolute atomic E-state index is 4.70. The van der Waals surface area contributed by atoms with E-state index in [0.717, 1.165) is 24.5 Å². The van der Waals surface area contributed by atoms with Crippen molar-refractivity contribution in [1.82, 2.24) is 25.5 Å². The number of nitrogens with one attached hydrogen (secondary N) is 2. The Morgan fingerprint density at radius 3 is 2.90 bits per heavy atom. The van der Waals surface area contributed by atoms with Crippen LogP contribution in [0.5, 0.6) is 0 Å². The highest BCUT2D eigenvalue weighted by atomic mass is 15.3. The second kappa shape index (κ2) is 5.58. The lowest BCUT2D eigenvalue weighted by molar-refractivity contribution is 0.652. The SMILES string of the molecule is CN(C)c1n[nH]c(CNCc2ccc3c(n2)CCC3)n1. The summed E-state index contributed by atoms with van der Waals surface area (Å²) < 4.78 is 0. The molecular weight excluding hydrogens is 252 g/mol. The first-order valence-electron chi connectivity index (χ1n) is 6.99. The normalized spacial score (nSPS) is 13.5. The maximum Gasteiger partial charge on any atom is 0.244 e. The van der Waals surface area contributed by atoms with Crippen LogP contribution in [0.15, 0.2) is 12.1 Å². The third-order valence-electron chi connectivity index (χ3n) is 3.50. The van der Waals surface area contributed by atoms with Gasteiger partial charge in [-0.15, -0.1) is 5.10 Å². The molecule has 6 heteroatoms. The second-order valence-electron chi connectivity index (χ2n) is 5.34. The van der Waals surface area contributed by atoms with Crippen LogP contribution in [0.1, 0.15) is 29.2 Å². The highest BCUT2D eigenvalue weighted by molar-refractivity contribution is 5.27. The van der Waals surface area contributed by atoms with Crippen molar-refractivity contribution in [3.63, 3.8) is 0 Å². The zero-order chi connectivity index (χ0) is 13.9. The van der Waals surface area contributed by atoms with Crippen molar-refractivity contribution in [3.8, 4) is 0 Å². The number of anilines is 1. The Bertz CT molecular complexity index is 589. The number of rotatable bonds is 5. The first kappa shape index (κ1) is 13.1. The lowest BCUT2D eigenvalue weighted by atomic mass is 10.2. The van der Waals surface area contributed by atoms with Crippen LogP contribution >= 0.6 is 0 Å². The molecule has 2 N–H and O–H groups in total. The van der Waals surface area contributed by atoms with E-state index in [1.54, 1.807) is 0 Å². The quantitative estimate of drug-likeness (QED) is 0.851. The number of hydrogen-bond donors (Lipinski definition) is 2. The molecule has 0 radical (unpaired) electrons. The highest BCUT2D eigenvalue weighted by Crippen LogP contribution is 2.19. The van der Waals surface area contributed by atoms with E-state index in [2.05, 4.69) is 32.6 Å². The smallest absolute Gasteiger partial charge is 0.244 e. The van der Waals surface area contributed by atoms with Gasteiger partial charge < -0.3 is 10.2 Å². The van der Waals surface area contributed by atoms with Gasteiger partial charge in [-0.05, 0) is 30.9 Å². The Kier molecular flexibility index (Phi) is 3.64. The van der Waals surface area contributed by atoms with E-state index in [1.807, 2.05) is 19.0 Å². The molecule has 1 aliphatic carbocycles. The van der Waals surface area contributed by atoms with Crippen LogP contribution in [0.4, 0.5) is 5.95 Å². The van der Waals surface area contributed by atoms with Crippen molar-refractivity contribution in [1.29, 1.82) is 0 Å². The van der Waals surface area contributed by atoms with Gasteiger partial charge in [-0.2, -0.15) is 4.98 Å². The molecule has 0 fully saturated rings. The predicted molar refractivity (Wildman–Crippen MR) is 77.5 cm³/mol. The zero-order valence-corrected chi connectivity index (χ0v) is 12.0. The molecule has 0 bridgehead atoms. The number of aromatic amines is 1. The van der Waals surface area contributed by atoms with Gasteiger partial charge in [-0.3, -0.25) is 10.1 Å². The summed E-state index contributed by atoms with van der Waals surface area (Å²) in [4.78, 5) is 11.0. The summed E-state index contributed by atoms with van der Waals surface area (Å²) >= 11 is 0. The van der Waals surface area contributed by atoms with E-state index >= 15 is 0 Å². The molecule has 2 aromatic rings. The Morgan fingerprint density at radius 2 is 2.10 bits per heavy atom. The standard InChI is InChI=1S/C14H20N6/c1-20(2)14-17-13(18-19-14)9-15-8-11-7-6-10-4-3-5-12(10)16-11/h6-7,15H,3-5,8-9H2,1-2H3,(H,17,18,19). The van der Waals surface area contributed by atoms with E-state index in [0.29, 0.717) is 12.5 Å². The molecule has 106 valence electrons. The molecule has 1 aliphatic rings. The van der Waals surface area contributed by atoms with Gasteiger partial charge in [0.15, 0.2) is 0 Å². The lowest BCUT2D eigenvalue weighted by Crippen LogP contribution is -2.15. The first-order valence-corrected chi connectivity index (χ1v) is 6.99. The molecule has 2 aromatic heterocycles. The van der Waals surface area contributed by atoms with E-state index in [1.165, 1.54) is 24.1 Å². The Balaban J connectivity index is 1.54. The molecule has 6 nitrogen and oxygen atoms in total.